The van der Waals surface area contributed by atoms with Crippen molar-refractivity contribution in [2.45, 2.75) is 32.7 Å². The predicted octanol–water partition coefficient (Wildman–Crippen LogP) is 3.26. The number of benzene rings is 1. The van der Waals surface area contributed by atoms with Gasteiger partial charge in [0.2, 0.25) is 5.91 Å². The summed E-state index contributed by atoms with van der Waals surface area (Å²) in [5, 5.41) is 13.0. The Kier molecular flexibility index (Phi) is 8.27. The molecule has 1 aromatic heterocycles. The van der Waals surface area contributed by atoms with Gasteiger partial charge >= 0.3 is 12.1 Å². The molecule has 0 saturated carbocycles. The zero-order valence-electron chi connectivity index (χ0n) is 18.5. The molecule has 0 aliphatic carbocycles. The number of esters is 1. The number of methoxy groups -OCH3 is 1. The Morgan fingerprint density at radius 3 is 2.85 bits per heavy atom. The highest BCUT2D eigenvalue weighted by molar-refractivity contribution is 7.16. The molecule has 33 heavy (non-hydrogen) atoms. The van der Waals surface area contributed by atoms with E-state index in [9.17, 15) is 19.6 Å². The van der Waals surface area contributed by atoms with Crippen molar-refractivity contribution in [1.29, 1.82) is 5.26 Å². The standard InChI is InChI=1S/C23H25N3O6S/c1-3-31-16-6-4-5-15(11-16)7-8-20(27)25-22-18(12-24)17-9-10-26(13-19(17)33-22)23(29)32-14-21(28)30-2/h4-6,11H,3,7-10,13-14H2,1-2H3,(H,25,27). The second kappa shape index (κ2) is 11.3. The lowest BCUT2D eigenvalue weighted by atomic mass is 10.0. The Balaban J connectivity index is 1.61. The van der Waals surface area contributed by atoms with Gasteiger partial charge in [-0.2, -0.15) is 5.26 Å². The molecule has 2 amide bonds. The van der Waals surface area contributed by atoms with Gasteiger partial charge in [0.15, 0.2) is 6.61 Å². The van der Waals surface area contributed by atoms with Crippen LogP contribution in [0, 0.1) is 11.3 Å². The number of hydrogen-bond acceptors (Lipinski definition) is 8. The van der Waals surface area contributed by atoms with Crippen LogP contribution >= 0.6 is 11.3 Å². The number of amides is 2. The fourth-order valence-corrected chi connectivity index (χ4v) is 4.67. The molecule has 2 aromatic rings. The summed E-state index contributed by atoms with van der Waals surface area (Å²) >= 11 is 1.28. The van der Waals surface area contributed by atoms with Gasteiger partial charge in [-0.25, -0.2) is 9.59 Å². The maximum Gasteiger partial charge on any atom is 0.410 e. The summed E-state index contributed by atoms with van der Waals surface area (Å²) in [6.45, 7) is 2.63. The van der Waals surface area contributed by atoms with Crippen molar-refractivity contribution in [1.82, 2.24) is 4.90 Å². The SMILES string of the molecule is CCOc1cccc(CCC(=O)Nc2sc3c(c2C#N)CCN(C(=O)OCC(=O)OC)C3)c1. The van der Waals surface area contributed by atoms with E-state index < -0.39 is 18.7 Å². The van der Waals surface area contributed by atoms with Gasteiger partial charge in [0.1, 0.15) is 16.8 Å². The quantitative estimate of drug-likeness (QED) is 0.587. The van der Waals surface area contributed by atoms with E-state index in [1.807, 2.05) is 31.2 Å². The van der Waals surface area contributed by atoms with E-state index in [-0.39, 0.29) is 18.9 Å². The van der Waals surface area contributed by atoms with Crippen molar-refractivity contribution >= 4 is 34.3 Å². The van der Waals surface area contributed by atoms with Crippen molar-refractivity contribution in [3.63, 3.8) is 0 Å². The smallest absolute Gasteiger partial charge is 0.410 e. The molecule has 3 rings (SSSR count). The Hall–Kier alpha value is -3.58. The molecule has 0 fully saturated rings. The number of ether oxygens (including phenoxy) is 3. The molecule has 0 unspecified atom stereocenters. The zero-order valence-corrected chi connectivity index (χ0v) is 19.3. The highest BCUT2D eigenvalue weighted by Crippen LogP contribution is 2.37. The van der Waals surface area contributed by atoms with Crippen LogP contribution < -0.4 is 10.1 Å². The maximum atomic E-state index is 12.6. The van der Waals surface area contributed by atoms with Crippen LogP contribution in [0.5, 0.6) is 5.75 Å². The first kappa shape index (κ1) is 24.1. The van der Waals surface area contributed by atoms with Crippen molar-refractivity contribution in [3.05, 3.63) is 45.8 Å². The van der Waals surface area contributed by atoms with Crippen molar-refractivity contribution < 1.29 is 28.6 Å². The number of carbonyl (C=O) groups excluding carboxylic acids is 3. The van der Waals surface area contributed by atoms with Crippen LogP contribution in [0.25, 0.3) is 0 Å². The number of nitriles is 1. The lowest BCUT2D eigenvalue weighted by Gasteiger charge is -2.25. The molecule has 0 atom stereocenters. The van der Waals surface area contributed by atoms with Gasteiger partial charge in [0.25, 0.3) is 0 Å². The number of nitrogens with one attached hydrogen (secondary N) is 1. The lowest BCUT2D eigenvalue weighted by Crippen LogP contribution is -2.36. The second-order valence-corrected chi connectivity index (χ2v) is 8.36. The summed E-state index contributed by atoms with van der Waals surface area (Å²) in [7, 11) is 1.21. The van der Waals surface area contributed by atoms with Crippen molar-refractivity contribution in [3.8, 4) is 11.8 Å². The fourth-order valence-electron chi connectivity index (χ4n) is 3.44. The Bertz CT molecular complexity index is 1070. The molecular weight excluding hydrogens is 446 g/mol. The molecule has 2 heterocycles. The van der Waals surface area contributed by atoms with Gasteiger partial charge in [0, 0.05) is 17.8 Å². The Morgan fingerprint density at radius 1 is 1.30 bits per heavy atom. The van der Waals surface area contributed by atoms with Gasteiger partial charge < -0.3 is 24.4 Å². The summed E-state index contributed by atoms with van der Waals surface area (Å²) < 4.78 is 14.9. The van der Waals surface area contributed by atoms with E-state index in [2.05, 4.69) is 16.1 Å². The number of fused-ring (bicyclic) bond motifs is 1. The van der Waals surface area contributed by atoms with E-state index >= 15 is 0 Å². The van der Waals surface area contributed by atoms with E-state index in [0.29, 0.717) is 36.6 Å². The van der Waals surface area contributed by atoms with E-state index in [1.54, 1.807) is 0 Å². The van der Waals surface area contributed by atoms with Gasteiger partial charge in [0.05, 0.1) is 25.8 Å². The maximum absolute atomic E-state index is 12.6. The summed E-state index contributed by atoms with van der Waals surface area (Å²) in [5.74, 6) is -0.0671. The number of rotatable bonds is 8. The molecule has 1 aromatic carbocycles. The molecule has 1 N–H and O–H groups in total. The predicted molar refractivity (Wildman–Crippen MR) is 121 cm³/mol. The minimum Gasteiger partial charge on any atom is -0.494 e. The van der Waals surface area contributed by atoms with Crippen LogP contribution in [-0.2, 0) is 38.4 Å². The van der Waals surface area contributed by atoms with E-state index in [0.717, 1.165) is 21.8 Å². The number of nitrogens with zero attached hydrogens (tertiary/aromatic N) is 2. The van der Waals surface area contributed by atoms with Crippen LogP contribution in [0.15, 0.2) is 24.3 Å². The molecule has 9 nitrogen and oxygen atoms in total. The number of aryl methyl sites for hydroxylation is 1. The first-order chi connectivity index (χ1) is 15.9. The van der Waals surface area contributed by atoms with Gasteiger partial charge in [-0.05, 0) is 43.0 Å². The van der Waals surface area contributed by atoms with Crippen LogP contribution in [0.1, 0.15) is 34.9 Å². The summed E-state index contributed by atoms with van der Waals surface area (Å²) in [4.78, 5) is 38.2. The summed E-state index contributed by atoms with van der Waals surface area (Å²) in [6.07, 6.45) is 0.634. The highest BCUT2D eigenvalue weighted by atomic mass is 32.1. The minimum atomic E-state index is -0.640. The molecular formula is C23H25N3O6S. The number of carbonyl (C=O) groups is 3. The van der Waals surface area contributed by atoms with Gasteiger partial charge in [-0.1, -0.05) is 12.1 Å². The average Bonchev–Trinajstić information content (AvgIpc) is 3.17. The highest BCUT2D eigenvalue weighted by Gasteiger charge is 2.28. The minimum absolute atomic E-state index is 0.193. The number of anilines is 1. The average molecular weight is 472 g/mol. The van der Waals surface area contributed by atoms with Crippen LogP contribution in [0.4, 0.5) is 9.80 Å². The number of hydrogen-bond donors (Lipinski definition) is 1. The monoisotopic (exact) mass is 471 g/mol. The lowest BCUT2D eigenvalue weighted by molar-refractivity contribution is -0.144. The third-order valence-electron chi connectivity index (χ3n) is 5.07. The van der Waals surface area contributed by atoms with E-state index in [4.69, 9.17) is 9.47 Å². The Labute approximate surface area is 195 Å². The normalized spacial score (nSPS) is 12.3. The van der Waals surface area contributed by atoms with Crippen molar-refractivity contribution in [2.24, 2.45) is 0 Å². The third kappa shape index (κ3) is 6.23. The Morgan fingerprint density at radius 2 is 2.12 bits per heavy atom. The van der Waals surface area contributed by atoms with Gasteiger partial charge in [-0.15, -0.1) is 11.3 Å². The first-order valence-electron chi connectivity index (χ1n) is 10.5. The summed E-state index contributed by atoms with van der Waals surface area (Å²) in [6, 6.07) is 9.79. The van der Waals surface area contributed by atoms with Gasteiger partial charge in [-0.3, -0.25) is 4.79 Å². The molecule has 0 saturated heterocycles. The molecule has 0 radical (unpaired) electrons. The molecule has 0 bridgehead atoms. The largest absolute Gasteiger partial charge is 0.494 e. The van der Waals surface area contributed by atoms with Crippen LogP contribution in [0.2, 0.25) is 0 Å². The topological polar surface area (TPSA) is 118 Å². The molecule has 174 valence electrons. The van der Waals surface area contributed by atoms with Crippen LogP contribution in [0.3, 0.4) is 0 Å². The first-order valence-corrected chi connectivity index (χ1v) is 11.3. The zero-order chi connectivity index (χ0) is 23.8. The molecule has 10 heteroatoms. The molecule has 0 spiro atoms. The molecule has 1 aliphatic heterocycles. The van der Waals surface area contributed by atoms with Crippen LogP contribution in [-0.4, -0.2) is 49.7 Å². The summed E-state index contributed by atoms with van der Waals surface area (Å²) in [5.41, 5.74) is 2.26. The molecule has 1 aliphatic rings. The fraction of sp³-hybridized carbons (Fsp3) is 0.391. The second-order valence-electron chi connectivity index (χ2n) is 7.25. The third-order valence-corrected chi connectivity index (χ3v) is 6.20. The number of thiophene rings is 1. The van der Waals surface area contributed by atoms with Crippen molar-refractivity contribution in [2.75, 3.05) is 32.2 Å². The van der Waals surface area contributed by atoms with E-state index in [1.165, 1.54) is 23.3 Å².